The molecule has 0 heterocycles. The Hall–Kier alpha value is -1.33. The number of hydrogen-bond acceptors (Lipinski definition) is 2. The first kappa shape index (κ1) is 11.7. The van der Waals surface area contributed by atoms with E-state index in [9.17, 15) is 0 Å². The summed E-state index contributed by atoms with van der Waals surface area (Å²) in [6, 6.07) is 9.74. The number of nitriles is 1. The smallest absolute Gasteiger partial charge is 0.0995 e. The van der Waals surface area contributed by atoms with E-state index in [1.165, 1.54) is 12.8 Å². The Balaban J connectivity index is 2.34. The average molecular weight is 203 g/mol. The molecule has 0 aromatic heterocycles. The first-order chi connectivity index (χ1) is 7.38. The van der Waals surface area contributed by atoms with Crippen LogP contribution in [0.25, 0.3) is 0 Å². The van der Waals surface area contributed by atoms with Gasteiger partial charge in [-0.3, -0.25) is 0 Å². The lowest BCUT2D eigenvalue weighted by atomic mass is 10.1. The molecule has 0 aliphatic rings. The summed E-state index contributed by atoms with van der Waals surface area (Å²) in [6.07, 6.45) is 3.52. The molecule has 0 unspecified atom stereocenters. The maximum atomic E-state index is 8.85. The van der Waals surface area contributed by atoms with Gasteiger partial charge in [0.2, 0.25) is 0 Å². The number of hydrogen-bond donors (Lipinski definition) is 0. The van der Waals surface area contributed by atoms with Crippen LogP contribution < -0.4 is 0 Å². The second kappa shape index (κ2) is 7.03. The van der Waals surface area contributed by atoms with Gasteiger partial charge in [0.05, 0.1) is 18.2 Å². The van der Waals surface area contributed by atoms with E-state index in [1.807, 2.05) is 24.3 Å². The van der Waals surface area contributed by atoms with E-state index < -0.39 is 0 Å². The SMILES string of the molecule is CCCCCOCc1ccccc1C#N. The van der Waals surface area contributed by atoms with Gasteiger partial charge in [0.25, 0.3) is 0 Å². The van der Waals surface area contributed by atoms with Gasteiger partial charge in [0.15, 0.2) is 0 Å². The van der Waals surface area contributed by atoms with Crippen LogP contribution in [0.1, 0.15) is 37.3 Å². The summed E-state index contributed by atoms with van der Waals surface area (Å²) in [7, 11) is 0. The van der Waals surface area contributed by atoms with Gasteiger partial charge >= 0.3 is 0 Å². The van der Waals surface area contributed by atoms with Crippen molar-refractivity contribution in [1.82, 2.24) is 0 Å². The van der Waals surface area contributed by atoms with Crippen molar-refractivity contribution in [1.29, 1.82) is 5.26 Å². The molecule has 1 aromatic rings. The van der Waals surface area contributed by atoms with Crippen LogP contribution in [0.2, 0.25) is 0 Å². The molecule has 15 heavy (non-hydrogen) atoms. The molecule has 0 radical (unpaired) electrons. The fourth-order valence-corrected chi connectivity index (χ4v) is 1.39. The third-order valence-corrected chi connectivity index (χ3v) is 2.29. The molecule has 0 aliphatic carbocycles. The Kier molecular flexibility index (Phi) is 5.50. The largest absolute Gasteiger partial charge is 0.377 e. The van der Waals surface area contributed by atoms with Crippen molar-refractivity contribution < 1.29 is 4.74 Å². The molecule has 80 valence electrons. The van der Waals surface area contributed by atoms with Crippen LogP contribution in [-0.4, -0.2) is 6.61 Å². The molecule has 0 amide bonds. The van der Waals surface area contributed by atoms with E-state index in [2.05, 4.69) is 13.0 Å². The zero-order valence-electron chi connectivity index (χ0n) is 9.20. The van der Waals surface area contributed by atoms with Gasteiger partial charge in [-0.15, -0.1) is 0 Å². The minimum absolute atomic E-state index is 0.549. The minimum atomic E-state index is 0.549. The number of unbranched alkanes of at least 4 members (excludes halogenated alkanes) is 2. The van der Waals surface area contributed by atoms with E-state index in [0.29, 0.717) is 12.2 Å². The summed E-state index contributed by atoms with van der Waals surface area (Å²) < 4.78 is 5.51. The van der Waals surface area contributed by atoms with Crippen LogP contribution in [0.5, 0.6) is 0 Å². The van der Waals surface area contributed by atoms with Crippen LogP contribution in [0.3, 0.4) is 0 Å². The molecule has 0 spiro atoms. The Bertz CT molecular complexity index is 328. The standard InChI is InChI=1S/C13H17NO/c1-2-3-6-9-15-11-13-8-5-4-7-12(13)10-14/h4-5,7-8H,2-3,6,9,11H2,1H3. The molecule has 2 heteroatoms. The summed E-state index contributed by atoms with van der Waals surface area (Å²) in [5.74, 6) is 0. The van der Waals surface area contributed by atoms with E-state index in [0.717, 1.165) is 18.6 Å². The molecular weight excluding hydrogens is 186 g/mol. The quantitative estimate of drug-likeness (QED) is 0.665. The molecule has 0 atom stereocenters. The van der Waals surface area contributed by atoms with Crippen molar-refractivity contribution >= 4 is 0 Å². The van der Waals surface area contributed by atoms with Crippen molar-refractivity contribution in [2.75, 3.05) is 6.61 Å². The predicted octanol–water partition coefficient (Wildman–Crippen LogP) is 3.27. The van der Waals surface area contributed by atoms with E-state index in [-0.39, 0.29) is 0 Å². The molecule has 0 aliphatic heterocycles. The molecule has 1 rings (SSSR count). The van der Waals surface area contributed by atoms with Gasteiger partial charge in [-0.25, -0.2) is 0 Å². The van der Waals surface area contributed by atoms with Gasteiger partial charge in [0, 0.05) is 6.61 Å². The summed E-state index contributed by atoms with van der Waals surface area (Å²) in [6.45, 7) is 3.51. The van der Waals surface area contributed by atoms with Crippen LogP contribution in [0.4, 0.5) is 0 Å². The first-order valence-corrected chi connectivity index (χ1v) is 5.44. The monoisotopic (exact) mass is 203 g/mol. The lowest BCUT2D eigenvalue weighted by Crippen LogP contribution is -1.97. The molecule has 0 N–H and O–H groups in total. The summed E-state index contributed by atoms with van der Waals surface area (Å²) >= 11 is 0. The number of nitrogens with zero attached hydrogens (tertiary/aromatic N) is 1. The molecule has 0 saturated heterocycles. The summed E-state index contributed by atoms with van der Waals surface area (Å²) in [5.41, 5.74) is 1.70. The van der Waals surface area contributed by atoms with Gasteiger partial charge in [-0.05, 0) is 18.1 Å². The molecule has 1 aromatic carbocycles. The molecule has 2 nitrogen and oxygen atoms in total. The molecular formula is C13H17NO. The van der Waals surface area contributed by atoms with Crippen molar-refractivity contribution in [3.63, 3.8) is 0 Å². The van der Waals surface area contributed by atoms with Crippen LogP contribution in [-0.2, 0) is 11.3 Å². The first-order valence-electron chi connectivity index (χ1n) is 5.44. The second-order valence-corrected chi connectivity index (χ2v) is 3.53. The highest BCUT2D eigenvalue weighted by Crippen LogP contribution is 2.09. The molecule has 0 bridgehead atoms. The number of benzene rings is 1. The topological polar surface area (TPSA) is 33.0 Å². The summed E-state index contributed by atoms with van der Waals surface area (Å²) in [5, 5.41) is 8.85. The Morgan fingerprint density at radius 2 is 2.07 bits per heavy atom. The lowest BCUT2D eigenvalue weighted by Gasteiger charge is -2.05. The fourth-order valence-electron chi connectivity index (χ4n) is 1.39. The van der Waals surface area contributed by atoms with Crippen LogP contribution in [0, 0.1) is 11.3 Å². The van der Waals surface area contributed by atoms with Crippen molar-refractivity contribution in [2.45, 2.75) is 32.8 Å². The van der Waals surface area contributed by atoms with Gasteiger partial charge < -0.3 is 4.74 Å². The Morgan fingerprint density at radius 3 is 2.80 bits per heavy atom. The minimum Gasteiger partial charge on any atom is -0.377 e. The van der Waals surface area contributed by atoms with Crippen molar-refractivity contribution in [3.05, 3.63) is 35.4 Å². The lowest BCUT2D eigenvalue weighted by molar-refractivity contribution is 0.117. The molecule has 0 saturated carbocycles. The maximum Gasteiger partial charge on any atom is 0.0995 e. The Labute approximate surface area is 91.5 Å². The second-order valence-electron chi connectivity index (χ2n) is 3.53. The Morgan fingerprint density at radius 1 is 1.27 bits per heavy atom. The number of rotatable bonds is 6. The van der Waals surface area contributed by atoms with Gasteiger partial charge in [-0.2, -0.15) is 5.26 Å². The van der Waals surface area contributed by atoms with Gasteiger partial charge in [0.1, 0.15) is 0 Å². The maximum absolute atomic E-state index is 8.85. The van der Waals surface area contributed by atoms with Crippen LogP contribution >= 0.6 is 0 Å². The average Bonchev–Trinajstić information content (AvgIpc) is 2.29. The highest BCUT2D eigenvalue weighted by atomic mass is 16.5. The van der Waals surface area contributed by atoms with Crippen LogP contribution in [0.15, 0.2) is 24.3 Å². The molecule has 0 fully saturated rings. The highest BCUT2D eigenvalue weighted by Gasteiger charge is 1.99. The third-order valence-electron chi connectivity index (χ3n) is 2.29. The summed E-state index contributed by atoms with van der Waals surface area (Å²) in [4.78, 5) is 0. The highest BCUT2D eigenvalue weighted by molar-refractivity contribution is 5.36. The fraction of sp³-hybridized carbons (Fsp3) is 0.462. The van der Waals surface area contributed by atoms with E-state index >= 15 is 0 Å². The zero-order valence-corrected chi connectivity index (χ0v) is 9.20. The normalized spacial score (nSPS) is 9.87. The van der Waals surface area contributed by atoms with E-state index in [1.54, 1.807) is 0 Å². The number of ether oxygens (including phenoxy) is 1. The van der Waals surface area contributed by atoms with Crippen molar-refractivity contribution in [2.24, 2.45) is 0 Å². The predicted molar refractivity (Wildman–Crippen MR) is 60.3 cm³/mol. The van der Waals surface area contributed by atoms with Gasteiger partial charge in [-0.1, -0.05) is 38.0 Å². The van der Waals surface area contributed by atoms with E-state index in [4.69, 9.17) is 10.00 Å². The van der Waals surface area contributed by atoms with Crippen molar-refractivity contribution in [3.8, 4) is 6.07 Å². The third kappa shape index (κ3) is 4.14. The zero-order chi connectivity index (χ0) is 10.9.